The Morgan fingerprint density at radius 1 is 1.58 bits per heavy atom. The minimum Gasteiger partial charge on any atom is -0.368 e. The Labute approximate surface area is 69.5 Å². The molecular formula is C6H11N5O. The molecule has 1 aromatic heterocycles. The van der Waals surface area contributed by atoms with Crippen molar-refractivity contribution in [3.05, 3.63) is 5.82 Å². The van der Waals surface area contributed by atoms with Crippen molar-refractivity contribution in [2.75, 3.05) is 25.4 Å². The number of rotatable bonds is 1. The maximum absolute atomic E-state index is 5.43. The van der Waals surface area contributed by atoms with Crippen LogP contribution in [0.25, 0.3) is 0 Å². The second-order valence-electron chi connectivity index (χ2n) is 2.64. The van der Waals surface area contributed by atoms with Crippen LogP contribution in [0.5, 0.6) is 0 Å². The maximum Gasteiger partial charge on any atom is 0.239 e. The summed E-state index contributed by atoms with van der Waals surface area (Å²) in [5, 5.41) is 9.64. The van der Waals surface area contributed by atoms with E-state index in [1.165, 1.54) is 0 Å². The van der Waals surface area contributed by atoms with E-state index in [2.05, 4.69) is 20.5 Å². The molecule has 12 heavy (non-hydrogen) atoms. The summed E-state index contributed by atoms with van der Waals surface area (Å²) in [4.78, 5) is 3.98. The van der Waals surface area contributed by atoms with Crippen LogP contribution in [-0.2, 0) is 4.74 Å². The fourth-order valence-electron chi connectivity index (χ4n) is 1.17. The van der Waals surface area contributed by atoms with Gasteiger partial charge in [-0.25, -0.2) is 0 Å². The Morgan fingerprint density at radius 2 is 2.50 bits per heavy atom. The lowest BCUT2D eigenvalue weighted by Gasteiger charge is -2.21. The molecule has 2 rings (SSSR count). The van der Waals surface area contributed by atoms with Crippen LogP contribution in [0, 0.1) is 0 Å². The van der Waals surface area contributed by atoms with Gasteiger partial charge in [-0.2, -0.15) is 4.98 Å². The topological polar surface area (TPSA) is 88.8 Å². The van der Waals surface area contributed by atoms with Gasteiger partial charge in [0, 0.05) is 13.1 Å². The summed E-state index contributed by atoms with van der Waals surface area (Å²) in [5.74, 6) is 0.957. The van der Waals surface area contributed by atoms with Gasteiger partial charge >= 0.3 is 0 Å². The van der Waals surface area contributed by atoms with Crippen molar-refractivity contribution in [3.63, 3.8) is 0 Å². The summed E-state index contributed by atoms with van der Waals surface area (Å²) in [6.45, 7) is 2.35. The molecule has 66 valence electrons. The molecule has 0 bridgehead atoms. The van der Waals surface area contributed by atoms with Gasteiger partial charge in [-0.15, -0.1) is 5.10 Å². The highest BCUT2D eigenvalue weighted by atomic mass is 16.5. The van der Waals surface area contributed by atoms with Gasteiger partial charge in [0.15, 0.2) is 5.82 Å². The van der Waals surface area contributed by atoms with E-state index in [4.69, 9.17) is 10.5 Å². The average molecular weight is 169 g/mol. The molecule has 1 aromatic rings. The van der Waals surface area contributed by atoms with Crippen molar-refractivity contribution in [3.8, 4) is 0 Å². The standard InChI is InChI=1S/C6H11N5O/c7-6-9-5(10-11-6)4-3-8-1-2-12-4/h4,8H,1-3H2,(H3,7,9,10,11). The molecule has 6 nitrogen and oxygen atoms in total. The second-order valence-corrected chi connectivity index (χ2v) is 2.64. The number of morpholine rings is 1. The molecule has 0 aromatic carbocycles. The number of H-pyrrole nitrogens is 1. The Morgan fingerprint density at radius 3 is 3.08 bits per heavy atom. The number of aromatic nitrogens is 3. The third-order valence-electron chi connectivity index (χ3n) is 1.75. The molecule has 0 saturated carbocycles. The fourth-order valence-corrected chi connectivity index (χ4v) is 1.17. The van der Waals surface area contributed by atoms with Crippen molar-refractivity contribution in [2.45, 2.75) is 6.10 Å². The van der Waals surface area contributed by atoms with E-state index in [-0.39, 0.29) is 12.1 Å². The van der Waals surface area contributed by atoms with Crippen LogP contribution in [0.2, 0.25) is 0 Å². The lowest BCUT2D eigenvalue weighted by Crippen LogP contribution is -2.33. The number of aromatic amines is 1. The van der Waals surface area contributed by atoms with E-state index < -0.39 is 0 Å². The van der Waals surface area contributed by atoms with Gasteiger partial charge in [0.25, 0.3) is 0 Å². The predicted octanol–water partition coefficient (Wildman–Crippen LogP) is -0.952. The molecule has 1 aliphatic heterocycles. The first-order valence-electron chi connectivity index (χ1n) is 3.86. The third-order valence-corrected chi connectivity index (χ3v) is 1.75. The number of nitrogens with two attached hydrogens (primary N) is 1. The summed E-state index contributed by atoms with van der Waals surface area (Å²) in [6, 6.07) is 0. The Hall–Kier alpha value is -1.14. The third kappa shape index (κ3) is 1.39. The van der Waals surface area contributed by atoms with Gasteiger partial charge in [0.1, 0.15) is 6.10 Å². The number of anilines is 1. The van der Waals surface area contributed by atoms with Crippen molar-refractivity contribution < 1.29 is 4.74 Å². The summed E-state index contributed by atoms with van der Waals surface area (Å²) < 4.78 is 5.43. The average Bonchev–Trinajstić information content (AvgIpc) is 2.54. The van der Waals surface area contributed by atoms with Gasteiger partial charge in [0.2, 0.25) is 5.95 Å². The van der Waals surface area contributed by atoms with Gasteiger partial charge in [-0.3, -0.25) is 5.10 Å². The van der Waals surface area contributed by atoms with Crippen LogP contribution in [0.4, 0.5) is 5.95 Å². The first kappa shape index (κ1) is 7.51. The van der Waals surface area contributed by atoms with Crippen molar-refractivity contribution in [1.82, 2.24) is 20.5 Å². The van der Waals surface area contributed by atoms with Crippen molar-refractivity contribution >= 4 is 5.95 Å². The number of hydrogen-bond acceptors (Lipinski definition) is 5. The second kappa shape index (κ2) is 3.08. The maximum atomic E-state index is 5.43. The molecule has 0 spiro atoms. The highest BCUT2D eigenvalue weighted by Crippen LogP contribution is 2.13. The molecule has 0 amide bonds. The Bertz CT molecular complexity index is 254. The van der Waals surface area contributed by atoms with Gasteiger partial charge < -0.3 is 15.8 Å². The molecule has 1 aliphatic rings. The zero-order valence-corrected chi connectivity index (χ0v) is 6.58. The van der Waals surface area contributed by atoms with E-state index in [9.17, 15) is 0 Å². The smallest absolute Gasteiger partial charge is 0.239 e. The Kier molecular flexibility index (Phi) is 1.92. The minimum absolute atomic E-state index is 0.0384. The van der Waals surface area contributed by atoms with E-state index in [1.807, 2.05) is 0 Å². The summed E-state index contributed by atoms with van der Waals surface area (Å²) in [7, 11) is 0. The molecule has 1 atom stereocenters. The SMILES string of the molecule is Nc1n[nH]c(C2CNCCO2)n1. The van der Waals surface area contributed by atoms with Gasteiger partial charge in [-0.1, -0.05) is 0 Å². The van der Waals surface area contributed by atoms with E-state index in [1.54, 1.807) is 0 Å². The fraction of sp³-hybridized carbons (Fsp3) is 0.667. The molecule has 0 radical (unpaired) electrons. The first-order chi connectivity index (χ1) is 5.86. The molecule has 6 heteroatoms. The van der Waals surface area contributed by atoms with Crippen LogP contribution in [0.15, 0.2) is 0 Å². The van der Waals surface area contributed by atoms with Crippen molar-refractivity contribution in [2.24, 2.45) is 0 Å². The lowest BCUT2D eigenvalue weighted by atomic mass is 10.3. The van der Waals surface area contributed by atoms with E-state index in [0.29, 0.717) is 12.4 Å². The molecule has 1 saturated heterocycles. The molecular weight excluding hydrogens is 158 g/mol. The molecule has 1 unspecified atom stereocenters. The highest BCUT2D eigenvalue weighted by molar-refractivity contribution is 5.13. The zero-order chi connectivity index (χ0) is 8.39. The van der Waals surface area contributed by atoms with Gasteiger partial charge in [0.05, 0.1) is 6.61 Å². The monoisotopic (exact) mass is 169 g/mol. The number of nitrogens with zero attached hydrogens (tertiary/aromatic N) is 2. The van der Waals surface area contributed by atoms with Crippen LogP contribution in [0.1, 0.15) is 11.9 Å². The van der Waals surface area contributed by atoms with E-state index in [0.717, 1.165) is 13.1 Å². The number of hydrogen-bond donors (Lipinski definition) is 3. The summed E-state index contributed by atoms with van der Waals surface area (Å²) in [6.07, 6.45) is -0.0384. The van der Waals surface area contributed by atoms with Crippen molar-refractivity contribution in [1.29, 1.82) is 0 Å². The molecule has 1 fully saturated rings. The van der Waals surface area contributed by atoms with E-state index >= 15 is 0 Å². The number of ether oxygens (including phenoxy) is 1. The van der Waals surface area contributed by atoms with Gasteiger partial charge in [-0.05, 0) is 0 Å². The normalized spacial score (nSPS) is 24.2. The van der Waals surface area contributed by atoms with Crippen LogP contribution >= 0.6 is 0 Å². The number of nitrogen functional groups attached to an aromatic ring is 1. The lowest BCUT2D eigenvalue weighted by molar-refractivity contribution is 0.0224. The molecule has 0 aliphatic carbocycles. The number of nitrogens with one attached hydrogen (secondary N) is 2. The molecule has 4 N–H and O–H groups in total. The molecule has 2 heterocycles. The minimum atomic E-state index is -0.0384. The first-order valence-corrected chi connectivity index (χ1v) is 3.86. The van der Waals surface area contributed by atoms with Crippen LogP contribution < -0.4 is 11.1 Å². The van der Waals surface area contributed by atoms with Crippen LogP contribution in [0.3, 0.4) is 0 Å². The quantitative estimate of drug-likeness (QED) is 0.504. The van der Waals surface area contributed by atoms with Crippen LogP contribution in [-0.4, -0.2) is 34.9 Å². The highest BCUT2D eigenvalue weighted by Gasteiger charge is 2.18. The largest absolute Gasteiger partial charge is 0.368 e. The zero-order valence-electron chi connectivity index (χ0n) is 6.58. The predicted molar refractivity (Wildman–Crippen MR) is 42.4 cm³/mol. The Balaban J connectivity index is 2.08. The summed E-state index contributed by atoms with van der Waals surface area (Å²) in [5.41, 5.74) is 5.36. The summed E-state index contributed by atoms with van der Waals surface area (Å²) >= 11 is 0.